The van der Waals surface area contributed by atoms with Crippen molar-refractivity contribution in [3.63, 3.8) is 0 Å². The van der Waals surface area contributed by atoms with Crippen molar-refractivity contribution in [3.05, 3.63) is 0 Å². The maximum absolute atomic E-state index is 11.3. The van der Waals surface area contributed by atoms with Crippen LogP contribution in [0.5, 0.6) is 0 Å². The van der Waals surface area contributed by atoms with E-state index in [9.17, 15) is 9.59 Å². The number of carboxylic acids is 1. The van der Waals surface area contributed by atoms with E-state index in [0.29, 0.717) is 6.54 Å². The molecule has 0 heterocycles. The Morgan fingerprint density at radius 2 is 1.94 bits per heavy atom. The molecule has 5 nitrogen and oxygen atoms in total. The number of rotatable bonds is 4. The topological polar surface area (TPSA) is 78.4 Å². The lowest BCUT2D eigenvalue weighted by molar-refractivity contribution is -0.141. The van der Waals surface area contributed by atoms with Crippen LogP contribution >= 0.6 is 0 Å². The van der Waals surface area contributed by atoms with Crippen LogP contribution in [0.4, 0.5) is 4.79 Å². The number of hydrogen-bond acceptors (Lipinski definition) is 2. The van der Waals surface area contributed by atoms with Gasteiger partial charge in [-0.2, -0.15) is 0 Å². The highest BCUT2D eigenvalue weighted by molar-refractivity contribution is 5.82. The maximum atomic E-state index is 11.3. The lowest BCUT2D eigenvalue weighted by Gasteiger charge is -2.27. The Morgan fingerprint density at radius 1 is 1.31 bits per heavy atom. The number of carboxylic acid groups (broad SMARTS) is 1. The molecule has 0 aromatic rings. The quantitative estimate of drug-likeness (QED) is 0.679. The summed E-state index contributed by atoms with van der Waals surface area (Å²) in [5, 5.41) is 14.2. The molecule has 16 heavy (non-hydrogen) atoms. The first kappa shape index (κ1) is 12.8. The van der Waals surface area contributed by atoms with Crippen LogP contribution in [0.3, 0.4) is 0 Å². The van der Waals surface area contributed by atoms with Gasteiger partial charge in [-0.25, -0.2) is 9.59 Å². The van der Waals surface area contributed by atoms with Gasteiger partial charge in [-0.1, -0.05) is 19.3 Å². The van der Waals surface area contributed by atoms with Crippen LogP contribution in [-0.2, 0) is 4.79 Å². The Hall–Kier alpha value is -1.26. The number of carbonyl (C=O) groups is 2. The molecule has 1 fully saturated rings. The Morgan fingerprint density at radius 3 is 2.44 bits per heavy atom. The van der Waals surface area contributed by atoms with Crippen molar-refractivity contribution < 1.29 is 14.7 Å². The molecule has 0 radical (unpaired) electrons. The first-order valence-corrected chi connectivity index (χ1v) is 5.92. The molecule has 5 heteroatoms. The van der Waals surface area contributed by atoms with E-state index in [1.807, 2.05) is 0 Å². The van der Waals surface area contributed by atoms with Gasteiger partial charge in [-0.05, 0) is 25.7 Å². The minimum Gasteiger partial charge on any atom is -0.480 e. The molecule has 0 bridgehead atoms. The van der Waals surface area contributed by atoms with Crippen LogP contribution in [0.2, 0.25) is 0 Å². The number of hydrogen-bond donors (Lipinski definition) is 3. The lowest BCUT2D eigenvalue weighted by atomic mass is 9.84. The zero-order valence-electron chi connectivity index (χ0n) is 9.66. The molecule has 2 amide bonds. The largest absolute Gasteiger partial charge is 0.480 e. The SMILES string of the molecule is CCNC(=O)NC(C(=O)O)C1CCCCC1. The maximum Gasteiger partial charge on any atom is 0.326 e. The number of nitrogens with one attached hydrogen (secondary N) is 2. The minimum absolute atomic E-state index is 0.0776. The zero-order valence-corrected chi connectivity index (χ0v) is 9.66. The Labute approximate surface area is 95.6 Å². The van der Waals surface area contributed by atoms with E-state index >= 15 is 0 Å². The molecule has 0 aromatic carbocycles. The summed E-state index contributed by atoms with van der Waals surface area (Å²) in [7, 11) is 0. The predicted molar refractivity (Wildman–Crippen MR) is 60.2 cm³/mol. The van der Waals surface area contributed by atoms with E-state index in [1.165, 1.54) is 6.42 Å². The first-order chi connectivity index (χ1) is 7.65. The molecule has 0 aromatic heterocycles. The average Bonchev–Trinajstić information content (AvgIpc) is 2.27. The summed E-state index contributed by atoms with van der Waals surface area (Å²) in [5.74, 6) is -0.855. The van der Waals surface area contributed by atoms with Crippen molar-refractivity contribution in [2.75, 3.05) is 6.54 Å². The monoisotopic (exact) mass is 228 g/mol. The Kier molecular flexibility index (Phi) is 5.08. The molecule has 0 spiro atoms. The Bertz CT molecular complexity index is 248. The van der Waals surface area contributed by atoms with Crippen molar-refractivity contribution in [3.8, 4) is 0 Å². The van der Waals surface area contributed by atoms with E-state index < -0.39 is 12.0 Å². The summed E-state index contributed by atoms with van der Waals surface area (Å²) in [4.78, 5) is 22.4. The number of carbonyl (C=O) groups excluding carboxylic acids is 1. The van der Waals surface area contributed by atoms with Crippen molar-refractivity contribution in [1.82, 2.24) is 10.6 Å². The summed E-state index contributed by atoms with van der Waals surface area (Å²) >= 11 is 0. The molecule has 1 unspecified atom stereocenters. The summed E-state index contributed by atoms with van der Waals surface area (Å²) in [6.45, 7) is 2.30. The summed E-state index contributed by atoms with van der Waals surface area (Å²) < 4.78 is 0. The fraction of sp³-hybridized carbons (Fsp3) is 0.818. The molecular weight excluding hydrogens is 208 g/mol. The smallest absolute Gasteiger partial charge is 0.326 e. The lowest BCUT2D eigenvalue weighted by Crippen LogP contribution is -2.50. The van der Waals surface area contributed by atoms with Crippen LogP contribution in [0.25, 0.3) is 0 Å². The van der Waals surface area contributed by atoms with E-state index in [0.717, 1.165) is 25.7 Å². The van der Waals surface area contributed by atoms with Gasteiger partial charge in [-0.15, -0.1) is 0 Å². The molecule has 0 saturated heterocycles. The van der Waals surface area contributed by atoms with Crippen LogP contribution in [0.1, 0.15) is 39.0 Å². The van der Waals surface area contributed by atoms with Crippen LogP contribution in [0, 0.1) is 5.92 Å². The summed E-state index contributed by atoms with van der Waals surface area (Å²) in [6.07, 6.45) is 5.08. The van der Waals surface area contributed by atoms with Crippen LogP contribution in [-0.4, -0.2) is 29.7 Å². The van der Waals surface area contributed by atoms with E-state index in [2.05, 4.69) is 10.6 Å². The molecule has 1 rings (SSSR count). The van der Waals surface area contributed by atoms with Gasteiger partial charge in [0.1, 0.15) is 6.04 Å². The van der Waals surface area contributed by atoms with Gasteiger partial charge in [0.2, 0.25) is 0 Å². The molecule has 0 aliphatic heterocycles. The van der Waals surface area contributed by atoms with Crippen LogP contribution in [0.15, 0.2) is 0 Å². The van der Waals surface area contributed by atoms with Crippen molar-refractivity contribution in [2.24, 2.45) is 5.92 Å². The molecule has 1 atom stereocenters. The molecule has 1 saturated carbocycles. The molecule has 92 valence electrons. The van der Waals surface area contributed by atoms with Gasteiger partial charge < -0.3 is 15.7 Å². The normalized spacial score (nSPS) is 18.8. The second-order valence-corrected chi connectivity index (χ2v) is 4.22. The number of aliphatic carboxylic acids is 1. The highest BCUT2D eigenvalue weighted by Gasteiger charge is 2.30. The van der Waals surface area contributed by atoms with E-state index in [-0.39, 0.29) is 11.9 Å². The third kappa shape index (κ3) is 3.72. The summed E-state index contributed by atoms with van der Waals surface area (Å²) in [5.41, 5.74) is 0. The average molecular weight is 228 g/mol. The van der Waals surface area contributed by atoms with Gasteiger partial charge in [0.25, 0.3) is 0 Å². The van der Waals surface area contributed by atoms with Gasteiger partial charge in [0.05, 0.1) is 0 Å². The fourth-order valence-electron chi connectivity index (χ4n) is 2.20. The highest BCUT2D eigenvalue weighted by atomic mass is 16.4. The Balaban J connectivity index is 2.52. The second-order valence-electron chi connectivity index (χ2n) is 4.22. The summed E-state index contributed by atoms with van der Waals surface area (Å²) in [6, 6.07) is -1.13. The van der Waals surface area contributed by atoms with Gasteiger partial charge in [0, 0.05) is 6.54 Å². The highest BCUT2D eigenvalue weighted by Crippen LogP contribution is 2.26. The van der Waals surface area contributed by atoms with E-state index in [4.69, 9.17) is 5.11 Å². The third-order valence-corrected chi connectivity index (χ3v) is 3.01. The molecular formula is C11H20N2O3. The third-order valence-electron chi connectivity index (χ3n) is 3.01. The van der Waals surface area contributed by atoms with Crippen molar-refractivity contribution in [2.45, 2.75) is 45.1 Å². The standard InChI is InChI=1S/C11H20N2O3/c1-2-12-11(16)13-9(10(14)15)8-6-4-3-5-7-8/h8-9H,2-7H2,1H3,(H,14,15)(H2,12,13,16). The number of amides is 2. The van der Waals surface area contributed by atoms with Gasteiger partial charge >= 0.3 is 12.0 Å². The fourth-order valence-corrected chi connectivity index (χ4v) is 2.20. The van der Waals surface area contributed by atoms with E-state index in [1.54, 1.807) is 6.92 Å². The molecule has 1 aliphatic rings. The zero-order chi connectivity index (χ0) is 12.0. The van der Waals surface area contributed by atoms with Crippen LogP contribution < -0.4 is 10.6 Å². The van der Waals surface area contributed by atoms with Crippen molar-refractivity contribution >= 4 is 12.0 Å². The van der Waals surface area contributed by atoms with Gasteiger partial charge in [-0.3, -0.25) is 0 Å². The predicted octanol–water partition coefficient (Wildman–Crippen LogP) is 1.34. The first-order valence-electron chi connectivity index (χ1n) is 5.92. The molecule has 1 aliphatic carbocycles. The number of urea groups is 1. The second kappa shape index (κ2) is 6.35. The van der Waals surface area contributed by atoms with Gasteiger partial charge in [0.15, 0.2) is 0 Å². The minimum atomic E-state index is -0.932. The van der Waals surface area contributed by atoms with Crippen molar-refractivity contribution in [1.29, 1.82) is 0 Å². The molecule has 3 N–H and O–H groups in total.